The van der Waals surface area contributed by atoms with Crippen LogP contribution in [0.3, 0.4) is 0 Å². The van der Waals surface area contributed by atoms with E-state index in [1.165, 1.54) is 12.3 Å². The molecule has 1 amide bonds. The number of methoxy groups -OCH3 is 1. The molecule has 17 heavy (non-hydrogen) atoms. The number of carbonyl (C=O) groups excluding carboxylic acids is 1. The van der Waals surface area contributed by atoms with E-state index in [1.54, 1.807) is 13.2 Å². The van der Waals surface area contributed by atoms with E-state index in [4.69, 9.17) is 4.74 Å². The molecule has 2 atom stereocenters. The predicted molar refractivity (Wildman–Crippen MR) is 63.0 cm³/mol. The van der Waals surface area contributed by atoms with Crippen molar-refractivity contribution in [1.82, 2.24) is 10.3 Å². The van der Waals surface area contributed by atoms with E-state index in [0.29, 0.717) is 5.56 Å². The molecule has 2 unspecified atom stereocenters. The smallest absolute Gasteiger partial charge is 0.251 e. The lowest BCUT2D eigenvalue weighted by Gasteiger charge is -2.12. The Labute approximate surface area is 99.2 Å². The summed E-state index contributed by atoms with van der Waals surface area (Å²) >= 11 is 0. The number of hydrogen-bond acceptors (Lipinski definition) is 3. The molecule has 5 nitrogen and oxygen atoms in total. The Kier molecular flexibility index (Phi) is 3.58. The SMILES string of the molecule is COC1CCC(NC(=O)c2cc[nH]c(=O)c2)C1. The van der Waals surface area contributed by atoms with Crippen molar-refractivity contribution in [3.63, 3.8) is 0 Å². The molecule has 1 aliphatic rings. The normalized spacial score (nSPS) is 23.6. The lowest BCUT2D eigenvalue weighted by Crippen LogP contribution is -2.33. The largest absolute Gasteiger partial charge is 0.381 e. The first kappa shape index (κ1) is 11.9. The minimum Gasteiger partial charge on any atom is -0.381 e. The highest BCUT2D eigenvalue weighted by atomic mass is 16.5. The standard InChI is InChI=1S/C12H16N2O3/c1-17-10-3-2-9(7-10)14-12(16)8-4-5-13-11(15)6-8/h4-6,9-10H,2-3,7H2,1H3,(H,13,15)(H,14,16). The summed E-state index contributed by atoms with van der Waals surface area (Å²) in [6.45, 7) is 0. The molecule has 0 saturated heterocycles. The zero-order valence-corrected chi connectivity index (χ0v) is 9.73. The van der Waals surface area contributed by atoms with Crippen molar-refractivity contribution in [3.8, 4) is 0 Å². The lowest BCUT2D eigenvalue weighted by molar-refractivity contribution is 0.0915. The number of rotatable bonds is 3. The van der Waals surface area contributed by atoms with Crippen LogP contribution < -0.4 is 10.9 Å². The Bertz CT molecular complexity index is 455. The van der Waals surface area contributed by atoms with Gasteiger partial charge in [-0.15, -0.1) is 0 Å². The van der Waals surface area contributed by atoms with Crippen molar-refractivity contribution in [2.45, 2.75) is 31.4 Å². The van der Waals surface area contributed by atoms with Gasteiger partial charge in [-0.2, -0.15) is 0 Å². The van der Waals surface area contributed by atoms with Crippen LogP contribution in [0.4, 0.5) is 0 Å². The van der Waals surface area contributed by atoms with Crippen LogP contribution in [-0.4, -0.2) is 30.1 Å². The number of aromatic nitrogens is 1. The molecule has 0 spiro atoms. The first-order valence-electron chi connectivity index (χ1n) is 5.71. The number of amides is 1. The molecule has 1 fully saturated rings. The fourth-order valence-corrected chi connectivity index (χ4v) is 2.14. The van der Waals surface area contributed by atoms with Gasteiger partial charge in [0, 0.05) is 31.0 Å². The summed E-state index contributed by atoms with van der Waals surface area (Å²) in [6.07, 6.45) is 4.44. The van der Waals surface area contributed by atoms with Gasteiger partial charge in [0.15, 0.2) is 0 Å². The molecular formula is C12H16N2O3. The van der Waals surface area contributed by atoms with Crippen molar-refractivity contribution in [1.29, 1.82) is 0 Å². The summed E-state index contributed by atoms with van der Waals surface area (Å²) in [7, 11) is 1.69. The molecule has 2 N–H and O–H groups in total. The van der Waals surface area contributed by atoms with Crippen LogP contribution in [0.25, 0.3) is 0 Å². The number of H-pyrrole nitrogens is 1. The van der Waals surface area contributed by atoms with Crippen LogP contribution in [-0.2, 0) is 4.74 Å². The monoisotopic (exact) mass is 236 g/mol. The van der Waals surface area contributed by atoms with E-state index in [9.17, 15) is 9.59 Å². The van der Waals surface area contributed by atoms with Crippen LogP contribution in [0.5, 0.6) is 0 Å². The third-order valence-corrected chi connectivity index (χ3v) is 3.09. The number of nitrogens with one attached hydrogen (secondary N) is 2. The molecule has 92 valence electrons. The average Bonchev–Trinajstić information content (AvgIpc) is 2.77. The molecule has 1 aromatic rings. The first-order valence-corrected chi connectivity index (χ1v) is 5.71. The molecule has 5 heteroatoms. The molecule has 1 saturated carbocycles. The fourth-order valence-electron chi connectivity index (χ4n) is 2.14. The molecular weight excluding hydrogens is 220 g/mol. The van der Waals surface area contributed by atoms with Gasteiger partial charge in [-0.05, 0) is 25.3 Å². The number of ether oxygens (including phenoxy) is 1. The highest BCUT2D eigenvalue weighted by Gasteiger charge is 2.25. The minimum atomic E-state index is -0.265. The molecule has 1 aliphatic carbocycles. The average molecular weight is 236 g/mol. The van der Waals surface area contributed by atoms with Crippen molar-refractivity contribution in [2.75, 3.05) is 7.11 Å². The topological polar surface area (TPSA) is 71.2 Å². The van der Waals surface area contributed by atoms with Gasteiger partial charge in [0.1, 0.15) is 0 Å². The van der Waals surface area contributed by atoms with Gasteiger partial charge < -0.3 is 15.0 Å². The highest BCUT2D eigenvalue weighted by molar-refractivity contribution is 5.94. The summed E-state index contributed by atoms with van der Waals surface area (Å²) < 4.78 is 5.24. The summed E-state index contributed by atoms with van der Waals surface area (Å²) in [5, 5.41) is 2.91. The molecule has 1 heterocycles. The quantitative estimate of drug-likeness (QED) is 0.810. The Morgan fingerprint density at radius 3 is 3.00 bits per heavy atom. The third kappa shape index (κ3) is 2.94. The summed E-state index contributed by atoms with van der Waals surface area (Å²) in [5.41, 5.74) is 0.133. The second-order valence-electron chi connectivity index (χ2n) is 4.28. The minimum absolute atomic E-state index is 0.145. The van der Waals surface area contributed by atoms with Crippen LogP contribution in [0.15, 0.2) is 23.1 Å². The summed E-state index contributed by atoms with van der Waals surface area (Å²) in [6, 6.07) is 3.05. The maximum Gasteiger partial charge on any atom is 0.251 e. The number of hydrogen-bond donors (Lipinski definition) is 2. The van der Waals surface area contributed by atoms with Gasteiger partial charge in [0.2, 0.25) is 5.56 Å². The van der Waals surface area contributed by atoms with E-state index in [2.05, 4.69) is 10.3 Å². The maximum atomic E-state index is 11.8. The second kappa shape index (κ2) is 5.14. The lowest BCUT2D eigenvalue weighted by atomic mass is 10.2. The van der Waals surface area contributed by atoms with Gasteiger partial charge in [-0.1, -0.05) is 0 Å². The van der Waals surface area contributed by atoms with Gasteiger partial charge in [-0.25, -0.2) is 0 Å². The van der Waals surface area contributed by atoms with Crippen molar-refractivity contribution < 1.29 is 9.53 Å². The van der Waals surface area contributed by atoms with Gasteiger partial charge in [-0.3, -0.25) is 9.59 Å². The summed E-state index contributed by atoms with van der Waals surface area (Å²) in [5.74, 6) is -0.196. The maximum absolute atomic E-state index is 11.8. The van der Waals surface area contributed by atoms with Gasteiger partial charge in [0.25, 0.3) is 5.91 Å². The summed E-state index contributed by atoms with van der Waals surface area (Å²) in [4.78, 5) is 25.4. The van der Waals surface area contributed by atoms with E-state index in [-0.39, 0.29) is 23.6 Å². The molecule has 0 bridgehead atoms. The Balaban J connectivity index is 1.96. The number of aromatic amines is 1. The Morgan fingerprint density at radius 1 is 1.53 bits per heavy atom. The molecule has 0 aromatic carbocycles. The molecule has 0 aliphatic heterocycles. The van der Waals surface area contributed by atoms with Crippen LogP contribution in [0.1, 0.15) is 29.6 Å². The van der Waals surface area contributed by atoms with Crippen molar-refractivity contribution >= 4 is 5.91 Å². The van der Waals surface area contributed by atoms with E-state index < -0.39 is 0 Å². The number of pyridine rings is 1. The van der Waals surface area contributed by atoms with E-state index >= 15 is 0 Å². The number of carbonyl (C=O) groups is 1. The molecule has 2 rings (SSSR count). The first-order chi connectivity index (χ1) is 8.19. The van der Waals surface area contributed by atoms with Gasteiger partial charge in [0.05, 0.1) is 6.10 Å². The third-order valence-electron chi connectivity index (χ3n) is 3.09. The Hall–Kier alpha value is -1.62. The van der Waals surface area contributed by atoms with Crippen molar-refractivity contribution in [2.24, 2.45) is 0 Å². The van der Waals surface area contributed by atoms with E-state index in [1.807, 2.05) is 0 Å². The van der Waals surface area contributed by atoms with Crippen LogP contribution in [0, 0.1) is 0 Å². The molecule has 0 radical (unpaired) electrons. The van der Waals surface area contributed by atoms with E-state index in [0.717, 1.165) is 19.3 Å². The van der Waals surface area contributed by atoms with Crippen LogP contribution in [0.2, 0.25) is 0 Å². The molecule has 1 aromatic heterocycles. The van der Waals surface area contributed by atoms with Crippen molar-refractivity contribution in [3.05, 3.63) is 34.2 Å². The highest BCUT2D eigenvalue weighted by Crippen LogP contribution is 2.21. The zero-order chi connectivity index (χ0) is 12.3. The Morgan fingerprint density at radius 2 is 2.35 bits per heavy atom. The van der Waals surface area contributed by atoms with Crippen LogP contribution >= 0.6 is 0 Å². The van der Waals surface area contributed by atoms with Gasteiger partial charge >= 0.3 is 0 Å². The predicted octanol–water partition coefficient (Wildman–Crippen LogP) is 0.672. The fraction of sp³-hybridized carbons (Fsp3) is 0.500. The zero-order valence-electron chi connectivity index (χ0n) is 9.73. The second-order valence-corrected chi connectivity index (χ2v) is 4.28.